The first-order valence-corrected chi connectivity index (χ1v) is 5.83. The minimum absolute atomic E-state index is 0. The van der Waals surface area contributed by atoms with Crippen molar-refractivity contribution in [3.8, 4) is 0 Å². The van der Waals surface area contributed by atoms with Crippen molar-refractivity contribution in [2.45, 2.75) is 119 Å². The summed E-state index contributed by atoms with van der Waals surface area (Å²) in [6.07, 6.45) is 2.50. The molecule has 0 aliphatic rings. The van der Waals surface area contributed by atoms with Crippen LogP contribution in [0, 0.1) is 0 Å². The molecule has 17 heavy (non-hydrogen) atoms. The standard InChI is InChI=1S/2C3H8.3C2H6.5CH4/c2*1-3-2;3*1-2;;;;;/h2*3H2,1-2H3;3*1-2H3;5*1H4. The van der Waals surface area contributed by atoms with E-state index in [1.54, 1.807) is 0 Å². The van der Waals surface area contributed by atoms with Gasteiger partial charge in [-0.2, -0.15) is 0 Å². The molecule has 0 aromatic carbocycles. The Morgan fingerprint density at radius 2 is 0.353 bits per heavy atom. The third kappa shape index (κ3) is 0. The Morgan fingerprint density at radius 3 is 0.353 bits per heavy atom. The minimum Gasteiger partial charge on any atom is -0.0776 e. The minimum atomic E-state index is 0. The normalized spacial score (nSPS) is 3.18. The van der Waals surface area contributed by atoms with Crippen molar-refractivity contribution in [2.75, 3.05) is 0 Å². The summed E-state index contributed by atoms with van der Waals surface area (Å²) in [4.78, 5) is 0. The molecule has 0 bridgehead atoms. The van der Waals surface area contributed by atoms with Crippen molar-refractivity contribution in [1.29, 1.82) is 0 Å². The van der Waals surface area contributed by atoms with Gasteiger partial charge in [0.1, 0.15) is 0 Å². The van der Waals surface area contributed by atoms with Crippen LogP contribution in [0.3, 0.4) is 0 Å². The fraction of sp³-hybridized carbons (Fsp3) is 1.00. The molecule has 0 nitrogen and oxygen atoms in total. The van der Waals surface area contributed by atoms with Crippen LogP contribution in [0.4, 0.5) is 0 Å². The quantitative estimate of drug-likeness (QED) is 0.406. The van der Waals surface area contributed by atoms with E-state index in [2.05, 4.69) is 27.7 Å². The Hall–Kier alpha value is 0. The number of hydrogen-bond acceptors (Lipinski definition) is 0. The maximum atomic E-state index is 2.12. The molecule has 0 rings (SSSR count). The van der Waals surface area contributed by atoms with Gasteiger partial charge in [-0.15, -0.1) is 0 Å². The second-order valence-corrected chi connectivity index (χ2v) is 1.41. The molecule has 0 N–H and O–H groups in total. The van der Waals surface area contributed by atoms with Crippen LogP contribution in [0.5, 0.6) is 0 Å². The number of hydrogen-bond donors (Lipinski definition) is 0. The van der Waals surface area contributed by atoms with Crippen LogP contribution in [0.2, 0.25) is 0 Å². The first kappa shape index (κ1) is 88.8. The highest BCUT2D eigenvalue weighted by molar-refractivity contribution is 3.92. The van der Waals surface area contributed by atoms with Crippen molar-refractivity contribution in [3.63, 3.8) is 0 Å². The lowest BCUT2D eigenvalue weighted by atomic mass is 10.6. The molecule has 0 aromatic heterocycles. The summed E-state index contributed by atoms with van der Waals surface area (Å²) >= 11 is 0. The Morgan fingerprint density at radius 1 is 0.353 bits per heavy atom. The molecule has 0 aliphatic carbocycles. The van der Waals surface area contributed by atoms with Crippen LogP contribution in [0.1, 0.15) is 119 Å². The molecule has 122 valence electrons. The van der Waals surface area contributed by atoms with E-state index in [1.165, 1.54) is 12.8 Å². The molecule has 0 radical (unpaired) electrons. The molecule has 0 aliphatic heterocycles. The second kappa shape index (κ2) is 900. The molecule has 0 fully saturated rings. The second-order valence-electron chi connectivity index (χ2n) is 1.41. The molecule has 0 heteroatoms. The van der Waals surface area contributed by atoms with E-state index in [9.17, 15) is 0 Å². The Bertz CT molecular complexity index is 2.00. The van der Waals surface area contributed by atoms with Crippen molar-refractivity contribution in [3.05, 3.63) is 0 Å². The van der Waals surface area contributed by atoms with Crippen LogP contribution in [0.25, 0.3) is 0 Å². The summed E-state index contributed by atoms with van der Waals surface area (Å²) in [5.74, 6) is 0. The fourth-order valence-electron chi connectivity index (χ4n) is 0. The predicted molar refractivity (Wildman–Crippen MR) is 99.6 cm³/mol. The van der Waals surface area contributed by atoms with Gasteiger partial charge in [0, 0.05) is 0 Å². The third-order valence-electron chi connectivity index (χ3n) is 0. The Balaban J connectivity index is -0.00000000425. The molecular weight excluding hydrogens is 204 g/mol. The molecule has 0 saturated heterocycles. The van der Waals surface area contributed by atoms with Crippen molar-refractivity contribution in [1.82, 2.24) is 0 Å². The van der Waals surface area contributed by atoms with Gasteiger partial charge in [-0.05, 0) is 0 Å². The van der Waals surface area contributed by atoms with Crippen molar-refractivity contribution in [2.24, 2.45) is 0 Å². The van der Waals surface area contributed by atoms with Crippen molar-refractivity contribution < 1.29 is 0 Å². The van der Waals surface area contributed by atoms with E-state index in [0.29, 0.717) is 0 Å². The van der Waals surface area contributed by atoms with Gasteiger partial charge in [0.05, 0.1) is 0 Å². The summed E-state index contributed by atoms with van der Waals surface area (Å²) in [7, 11) is 0. The van der Waals surface area contributed by atoms with Crippen LogP contribution in [-0.2, 0) is 0 Å². The SMILES string of the molecule is C.C.C.C.C.CC.CC.CC.CCC.CCC. The van der Waals surface area contributed by atoms with Gasteiger partial charge in [0.2, 0.25) is 0 Å². The van der Waals surface area contributed by atoms with Crippen LogP contribution >= 0.6 is 0 Å². The maximum absolute atomic E-state index is 2.12. The Labute approximate surface area is 120 Å². The monoisotopic (exact) mass is 258 g/mol. The van der Waals surface area contributed by atoms with Crippen LogP contribution in [0.15, 0.2) is 0 Å². The van der Waals surface area contributed by atoms with Gasteiger partial charge < -0.3 is 0 Å². The summed E-state index contributed by atoms with van der Waals surface area (Å²) in [6.45, 7) is 20.5. The van der Waals surface area contributed by atoms with Gasteiger partial charge in [0.15, 0.2) is 0 Å². The van der Waals surface area contributed by atoms with Gasteiger partial charge in [-0.25, -0.2) is 0 Å². The molecule has 0 atom stereocenters. The summed E-state index contributed by atoms with van der Waals surface area (Å²) < 4.78 is 0. The highest BCUT2D eigenvalue weighted by Gasteiger charge is 1.36. The smallest absolute Gasteiger partial charge is 0.0590 e. The zero-order valence-corrected chi connectivity index (χ0v) is 11.4. The van der Waals surface area contributed by atoms with Gasteiger partial charge in [0.25, 0.3) is 0 Å². The lowest BCUT2D eigenvalue weighted by Crippen LogP contribution is -1.27. The first-order valence-electron chi connectivity index (χ1n) is 5.83. The zero-order valence-electron chi connectivity index (χ0n) is 11.4. The summed E-state index contributed by atoms with van der Waals surface area (Å²) in [6, 6.07) is 0. The van der Waals surface area contributed by atoms with E-state index in [1.807, 2.05) is 41.5 Å². The Kier molecular flexibility index (Phi) is 4700. The largest absolute Gasteiger partial charge is 0.0776 e. The summed E-state index contributed by atoms with van der Waals surface area (Å²) in [5, 5.41) is 0. The van der Waals surface area contributed by atoms with Crippen molar-refractivity contribution >= 4 is 0 Å². The van der Waals surface area contributed by atoms with Crippen LogP contribution < -0.4 is 0 Å². The van der Waals surface area contributed by atoms with Gasteiger partial charge >= 0.3 is 0 Å². The van der Waals surface area contributed by atoms with Gasteiger partial charge in [-0.3, -0.25) is 0 Å². The zero-order chi connectivity index (χ0) is 11.4. The molecular formula is C17H54. The highest BCUT2D eigenvalue weighted by Crippen LogP contribution is 1.56. The summed E-state index contributed by atoms with van der Waals surface area (Å²) in [5.41, 5.74) is 0. The maximum Gasteiger partial charge on any atom is -0.0590 e. The predicted octanol–water partition coefficient (Wildman–Crippen LogP) is 9.09. The lowest BCUT2D eigenvalue weighted by Gasteiger charge is -1.48. The average Bonchev–Trinajstić information content (AvgIpc) is 2.16. The topological polar surface area (TPSA) is 0 Å². The molecule has 0 spiro atoms. The molecule has 0 aromatic rings. The van der Waals surface area contributed by atoms with E-state index in [4.69, 9.17) is 0 Å². The van der Waals surface area contributed by atoms with Crippen LogP contribution in [-0.4, -0.2) is 0 Å². The number of rotatable bonds is 0. The average molecular weight is 259 g/mol. The molecule has 0 amide bonds. The third-order valence-corrected chi connectivity index (χ3v) is 0. The lowest BCUT2D eigenvalue weighted by molar-refractivity contribution is 1.09. The molecule has 0 heterocycles. The van der Waals surface area contributed by atoms with E-state index in [-0.39, 0.29) is 37.1 Å². The first-order chi connectivity index (χ1) is 5.83. The van der Waals surface area contributed by atoms with E-state index >= 15 is 0 Å². The van der Waals surface area contributed by atoms with E-state index < -0.39 is 0 Å². The molecule has 0 unspecified atom stereocenters. The molecule has 0 saturated carbocycles. The van der Waals surface area contributed by atoms with Gasteiger partial charge in [-0.1, -0.05) is 119 Å². The van der Waals surface area contributed by atoms with E-state index in [0.717, 1.165) is 0 Å². The highest BCUT2D eigenvalue weighted by atomic mass is 13.4. The fourth-order valence-corrected chi connectivity index (χ4v) is 0.